The van der Waals surface area contributed by atoms with E-state index in [0.29, 0.717) is 11.4 Å². The van der Waals surface area contributed by atoms with E-state index in [2.05, 4.69) is 30.9 Å². The average molecular weight is 458 g/mol. The fourth-order valence-corrected chi connectivity index (χ4v) is 3.05. The molecule has 0 N–H and O–H groups in total. The highest BCUT2D eigenvalue weighted by Crippen LogP contribution is 2.39. The van der Waals surface area contributed by atoms with Crippen LogP contribution in [0.5, 0.6) is 0 Å². The number of hydrogen-bond acceptors (Lipinski definition) is 4. The van der Waals surface area contributed by atoms with E-state index in [4.69, 9.17) is 11.6 Å². The topological polar surface area (TPSA) is 41.9 Å². The SMILES string of the molecule is FC(F)(F)c1cc(N(Cc2ccccn2)Cc2ccccn2)nc(Br)c1Cl. The largest absolute Gasteiger partial charge is 0.418 e. The van der Waals surface area contributed by atoms with Gasteiger partial charge in [0.25, 0.3) is 0 Å². The Kier molecular flexibility index (Phi) is 5.96. The monoisotopic (exact) mass is 456 g/mol. The summed E-state index contributed by atoms with van der Waals surface area (Å²) >= 11 is 8.83. The van der Waals surface area contributed by atoms with E-state index >= 15 is 0 Å². The van der Waals surface area contributed by atoms with Crippen LogP contribution < -0.4 is 4.90 Å². The number of aromatic nitrogens is 3. The van der Waals surface area contributed by atoms with Crippen LogP contribution in [0.4, 0.5) is 19.0 Å². The van der Waals surface area contributed by atoms with Crippen molar-refractivity contribution in [2.75, 3.05) is 4.90 Å². The van der Waals surface area contributed by atoms with Gasteiger partial charge in [0.05, 0.1) is 35.1 Å². The highest BCUT2D eigenvalue weighted by molar-refractivity contribution is 9.10. The van der Waals surface area contributed by atoms with Crippen LogP contribution in [0.1, 0.15) is 17.0 Å². The molecular weight excluding hydrogens is 445 g/mol. The van der Waals surface area contributed by atoms with E-state index in [0.717, 1.165) is 6.07 Å². The van der Waals surface area contributed by atoms with Crippen LogP contribution in [-0.2, 0) is 19.3 Å². The van der Waals surface area contributed by atoms with Crippen LogP contribution in [0, 0.1) is 0 Å². The van der Waals surface area contributed by atoms with Gasteiger partial charge in [-0.1, -0.05) is 23.7 Å². The summed E-state index contributed by atoms with van der Waals surface area (Å²) in [6.45, 7) is 0.519. The van der Waals surface area contributed by atoms with Gasteiger partial charge in [-0.3, -0.25) is 9.97 Å². The van der Waals surface area contributed by atoms with Gasteiger partial charge in [0.2, 0.25) is 0 Å². The minimum atomic E-state index is -4.60. The Morgan fingerprint density at radius 1 is 0.963 bits per heavy atom. The lowest BCUT2D eigenvalue weighted by Gasteiger charge is -2.24. The van der Waals surface area contributed by atoms with Gasteiger partial charge in [-0.2, -0.15) is 13.2 Å². The van der Waals surface area contributed by atoms with Gasteiger partial charge in [0, 0.05) is 12.4 Å². The number of rotatable bonds is 5. The van der Waals surface area contributed by atoms with E-state index in [1.54, 1.807) is 41.6 Å². The second kappa shape index (κ2) is 8.22. The lowest BCUT2D eigenvalue weighted by molar-refractivity contribution is -0.137. The Bertz CT molecular complexity index is 866. The van der Waals surface area contributed by atoms with Crippen molar-refractivity contribution in [1.82, 2.24) is 15.0 Å². The third-order valence-electron chi connectivity index (χ3n) is 3.69. The Hall–Kier alpha value is -2.19. The van der Waals surface area contributed by atoms with Crippen molar-refractivity contribution in [3.05, 3.63) is 81.4 Å². The first-order valence-corrected chi connectivity index (χ1v) is 8.99. The second-order valence-electron chi connectivity index (χ2n) is 5.63. The van der Waals surface area contributed by atoms with Crippen molar-refractivity contribution in [2.45, 2.75) is 19.3 Å². The molecule has 0 bridgehead atoms. The maximum Gasteiger partial charge on any atom is 0.418 e. The first-order chi connectivity index (χ1) is 12.8. The lowest BCUT2D eigenvalue weighted by Crippen LogP contribution is -2.25. The summed E-state index contributed by atoms with van der Waals surface area (Å²) in [4.78, 5) is 14.4. The Morgan fingerprint density at radius 2 is 1.52 bits per heavy atom. The first-order valence-electron chi connectivity index (χ1n) is 7.82. The molecule has 0 aromatic carbocycles. The van der Waals surface area contributed by atoms with E-state index < -0.39 is 16.8 Å². The smallest absolute Gasteiger partial charge is 0.345 e. The molecule has 3 aromatic rings. The minimum absolute atomic E-state index is 0.0685. The third-order valence-corrected chi connectivity index (χ3v) is 4.88. The van der Waals surface area contributed by atoms with E-state index in [1.165, 1.54) is 0 Å². The van der Waals surface area contributed by atoms with Crippen molar-refractivity contribution in [2.24, 2.45) is 0 Å². The van der Waals surface area contributed by atoms with Gasteiger partial charge >= 0.3 is 6.18 Å². The van der Waals surface area contributed by atoms with Crippen LogP contribution in [0.15, 0.2) is 59.5 Å². The average Bonchev–Trinajstić information content (AvgIpc) is 2.64. The molecule has 0 amide bonds. The molecule has 0 spiro atoms. The van der Waals surface area contributed by atoms with Crippen LogP contribution in [0.25, 0.3) is 0 Å². The van der Waals surface area contributed by atoms with E-state index in [1.807, 2.05) is 12.1 Å². The minimum Gasteiger partial charge on any atom is -0.345 e. The maximum atomic E-state index is 13.3. The number of hydrogen-bond donors (Lipinski definition) is 0. The molecule has 4 nitrogen and oxygen atoms in total. The fraction of sp³-hybridized carbons (Fsp3) is 0.167. The molecule has 3 aromatic heterocycles. The summed E-state index contributed by atoms with van der Waals surface area (Å²) in [5.74, 6) is 0.120. The third kappa shape index (κ3) is 4.95. The molecule has 0 saturated heterocycles. The molecule has 0 aliphatic carbocycles. The Labute approximate surface area is 167 Å². The zero-order valence-electron chi connectivity index (χ0n) is 13.8. The van der Waals surface area contributed by atoms with Gasteiger partial charge in [-0.05, 0) is 46.3 Å². The molecule has 9 heteroatoms. The predicted molar refractivity (Wildman–Crippen MR) is 100 cm³/mol. The number of pyridine rings is 3. The van der Waals surface area contributed by atoms with Crippen molar-refractivity contribution in [1.29, 1.82) is 0 Å². The molecule has 3 heterocycles. The molecule has 0 saturated carbocycles. The van der Waals surface area contributed by atoms with Crippen LogP contribution in [0.3, 0.4) is 0 Å². The fourth-order valence-electron chi connectivity index (χ4n) is 2.45. The molecular formula is C18H13BrClF3N4. The lowest BCUT2D eigenvalue weighted by atomic mass is 10.2. The number of anilines is 1. The molecule has 0 aliphatic heterocycles. The maximum absolute atomic E-state index is 13.3. The highest BCUT2D eigenvalue weighted by atomic mass is 79.9. The van der Waals surface area contributed by atoms with E-state index in [9.17, 15) is 13.2 Å². The summed E-state index contributed by atoms with van der Waals surface area (Å²) in [6, 6.07) is 11.7. The van der Waals surface area contributed by atoms with Crippen LogP contribution >= 0.6 is 27.5 Å². The van der Waals surface area contributed by atoms with Crippen molar-refractivity contribution in [3.63, 3.8) is 0 Å². The van der Waals surface area contributed by atoms with Crippen LogP contribution in [-0.4, -0.2) is 15.0 Å². The standard InChI is InChI=1S/C18H13BrClF3N4/c19-17-16(20)14(18(21,22)23)9-15(26-17)27(10-12-5-1-3-7-24-12)11-13-6-2-4-8-25-13/h1-9H,10-11H2. The highest BCUT2D eigenvalue weighted by Gasteiger charge is 2.35. The molecule has 0 aliphatic rings. The number of halogens is 5. The van der Waals surface area contributed by atoms with Crippen molar-refractivity contribution < 1.29 is 13.2 Å². The molecule has 0 radical (unpaired) electrons. The molecule has 27 heavy (non-hydrogen) atoms. The number of alkyl halides is 3. The van der Waals surface area contributed by atoms with Gasteiger partial charge in [-0.25, -0.2) is 4.98 Å². The summed E-state index contributed by atoms with van der Waals surface area (Å²) < 4.78 is 40.0. The number of nitrogens with zero attached hydrogens (tertiary/aromatic N) is 4. The van der Waals surface area contributed by atoms with Crippen LogP contribution in [0.2, 0.25) is 5.02 Å². The second-order valence-corrected chi connectivity index (χ2v) is 6.76. The molecule has 0 atom stereocenters. The molecule has 3 rings (SSSR count). The summed E-state index contributed by atoms with van der Waals surface area (Å²) in [6.07, 6.45) is -1.35. The van der Waals surface area contributed by atoms with Gasteiger partial charge < -0.3 is 4.90 Å². The van der Waals surface area contributed by atoms with Crippen molar-refractivity contribution >= 4 is 33.3 Å². The molecule has 0 unspecified atom stereocenters. The predicted octanol–water partition coefficient (Wildman–Crippen LogP) is 5.51. The summed E-state index contributed by atoms with van der Waals surface area (Å²) in [5.41, 5.74) is 0.429. The Morgan fingerprint density at radius 3 is 1.96 bits per heavy atom. The molecule has 0 fully saturated rings. The van der Waals surface area contributed by atoms with Gasteiger partial charge in [0.1, 0.15) is 10.4 Å². The molecule has 140 valence electrons. The zero-order chi connectivity index (χ0) is 19.4. The van der Waals surface area contributed by atoms with Gasteiger partial charge in [0.15, 0.2) is 0 Å². The Balaban J connectivity index is 2.03. The first kappa shape index (κ1) is 19.6. The summed E-state index contributed by atoms with van der Waals surface area (Å²) in [5, 5.41) is -0.470. The van der Waals surface area contributed by atoms with Crippen molar-refractivity contribution in [3.8, 4) is 0 Å². The zero-order valence-corrected chi connectivity index (χ0v) is 16.1. The van der Waals surface area contributed by atoms with Gasteiger partial charge in [-0.15, -0.1) is 0 Å². The quantitative estimate of drug-likeness (QED) is 0.474. The summed E-state index contributed by atoms with van der Waals surface area (Å²) in [7, 11) is 0. The van der Waals surface area contributed by atoms with E-state index in [-0.39, 0.29) is 23.5 Å². The normalized spacial score (nSPS) is 11.4.